The highest BCUT2D eigenvalue weighted by atomic mass is 16.2. The molecule has 1 aromatic rings. The van der Waals surface area contributed by atoms with Gasteiger partial charge in [-0.25, -0.2) is 0 Å². The van der Waals surface area contributed by atoms with Crippen molar-refractivity contribution in [3.8, 4) is 0 Å². The highest BCUT2D eigenvalue weighted by molar-refractivity contribution is 5.94. The Labute approximate surface area is 105 Å². The Balaban J connectivity index is 2.38. The molecule has 3 N–H and O–H groups in total. The van der Waals surface area contributed by atoms with Gasteiger partial charge in [-0.15, -0.1) is 0 Å². The van der Waals surface area contributed by atoms with E-state index >= 15 is 0 Å². The summed E-state index contributed by atoms with van der Waals surface area (Å²) in [4.78, 5) is 36.3. The number of carbonyl (C=O) groups is 2. The van der Waals surface area contributed by atoms with E-state index in [1.807, 2.05) is 13.8 Å². The quantitative estimate of drug-likeness (QED) is 0.689. The minimum absolute atomic E-state index is 0.0842. The van der Waals surface area contributed by atoms with Gasteiger partial charge in [0, 0.05) is 36.8 Å². The van der Waals surface area contributed by atoms with Gasteiger partial charge in [0.25, 0.3) is 5.91 Å². The smallest absolute Gasteiger partial charge is 0.251 e. The number of aromatic nitrogens is 1. The third-order valence-corrected chi connectivity index (χ3v) is 2.12. The first-order valence-corrected chi connectivity index (χ1v) is 5.75. The van der Waals surface area contributed by atoms with E-state index in [2.05, 4.69) is 15.6 Å². The molecule has 2 amide bonds. The van der Waals surface area contributed by atoms with Crippen molar-refractivity contribution in [1.29, 1.82) is 0 Å². The summed E-state index contributed by atoms with van der Waals surface area (Å²) in [5.41, 5.74) is -0.0526. The highest BCUT2D eigenvalue weighted by Crippen LogP contribution is 1.92. The molecule has 0 aliphatic rings. The third-order valence-electron chi connectivity index (χ3n) is 2.12. The molecule has 6 nitrogen and oxygen atoms in total. The maximum Gasteiger partial charge on any atom is 0.251 e. The van der Waals surface area contributed by atoms with Crippen LogP contribution in [0.1, 0.15) is 30.6 Å². The third kappa shape index (κ3) is 4.82. The van der Waals surface area contributed by atoms with E-state index in [4.69, 9.17) is 0 Å². The predicted octanol–water partition coefficient (Wildman–Crippen LogP) is 0.0194. The fourth-order valence-electron chi connectivity index (χ4n) is 1.37. The molecule has 1 rings (SSSR count). The van der Waals surface area contributed by atoms with Crippen LogP contribution in [0.25, 0.3) is 0 Å². The molecule has 0 aliphatic carbocycles. The standard InChI is InChI=1S/C12H17N3O3/c1-8(2)15-10(16)4-6-14-12(18)9-3-5-13-11(17)7-9/h3,5,7-8H,4,6H2,1-2H3,(H,13,17)(H,14,18)(H,15,16). The fourth-order valence-corrected chi connectivity index (χ4v) is 1.37. The molecule has 0 atom stereocenters. The van der Waals surface area contributed by atoms with Crippen molar-refractivity contribution in [2.24, 2.45) is 0 Å². The van der Waals surface area contributed by atoms with Gasteiger partial charge in [0.2, 0.25) is 11.5 Å². The molecule has 0 saturated carbocycles. The lowest BCUT2D eigenvalue weighted by atomic mass is 10.2. The van der Waals surface area contributed by atoms with E-state index in [1.54, 1.807) is 0 Å². The molecular weight excluding hydrogens is 234 g/mol. The summed E-state index contributed by atoms with van der Waals surface area (Å²) in [6, 6.07) is 2.80. The average molecular weight is 251 g/mol. The summed E-state index contributed by atoms with van der Waals surface area (Å²) in [7, 11) is 0. The molecule has 0 unspecified atom stereocenters. The fraction of sp³-hybridized carbons (Fsp3) is 0.417. The van der Waals surface area contributed by atoms with Crippen LogP contribution in [0.3, 0.4) is 0 Å². The molecule has 0 aromatic carbocycles. The van der Waals surface area contributed by atoms with Crippen molar-refractivity contribution in [1.82, 2.24) is 15.6 Å². The summed E-state index contributed by atoms with van der Waals surface area (Å²) >= 11 is 0. The van der Waals surface area contributed by atoms with Crippen LogP contribution >= 0.6 is 0 Å². The van der Waals surface area contributed by atoms with E-state index in [0.29, 0.717) is 0 Å². The van der Waals surface area contributed by atoms with Gasteiger partial charge in [-0.05, 0) is 19.9 Å². The van der Waals surface area contributed by atoms with Crippen LogP contribution < -0.4 is 16.2 Å². The molecule has 0 spiro atoms. The van der Waals surface area contributed by atoms with Crippen molar-refractivity contribution >= 4 is 11.8 Å². The van der Waals surface area contributed by atoms with Crippen LogP contribution in [0.15, 0.2) is 23.1 Å². The zero-order valence-corrected chi connectivity index (χ0v) is 10.4. The summed E-state index contributed by atoms with van der Waals surface area (Å²) in [6.45, 7) is 3.98. The minimum atomic E-state index is -0.363. The predicted molar refractivity (Wildman–Crippen MR) is 67.3 cm³/mol. The van der Waals surface area contributed by atoms with Crippen LogP contribution in [0.2, 0.25) is 0 Å². The summed E-state index contributed by atoms with van der Waals surface area (Å²) in [6.07, 6.45) is 1.62. The van der Waals surface area contributed by atoms with E-state index < -0.39 is 0 Å². The van der Waals surface area contributed by atoms with Gasteiger partial charge < -0.3 is 15.6 Å². The number of aromatic amines is 1. The van der Waals surface area contributed by atoms with Gasteiger partial charge in [0.1, 0.15) is 0 Å². The molecule has 1 heterocycles. The number of nitrogens with one attached hydrogen (secondary N) is 3. The van der Waals surface area contributed by atoms with Gasteiger partial charge >= 0.3 is 0 Å². The second kappa shape index (κ2) is 6.58. The second-order valence-electron chi connectivity index (χ2n) is 4.17. The Bertz CT molecular complexity index is 479. The maximum atomic E-state index is 11.6. The summed E-state index contributed by atoms with van der Waals surface area (Å²) in [5.74, 6) is -0.477. The molecule has 1 aromatic heterocycles. The van der Waals surface area contributed by atoms with Crippen molar-refractivity contribution in [2.45, 2.75) is 26.3 Å². The normalized spacial score (nSPS) is 10.2. The summed E-state index contributed by atoms with van der Waals surface area (Å²) < 4.78 is 0. The monoisotopic (exact) mass is 251 g/mol. The Morgan fingerprint density at radius 2 is 2.11 bits per heavy atom. The van der Waals surface area contributed by atoms with Gasteiger partial charge in [-0.1, -0.05) is 0 Å². The number of hydrogen-bond donors (Lipinski definition) is 3. The molecule has 0 bridgehead atoms. The lowest BCUT2D eigenvalue weighted by Crippen LogP contribution is -2.34. The van der Waals surface area contributed by atoms with Crippen LogP contribution in [0, 0.1) is 0 Å². The zero-order valence-electron chi connectivity index (χ0n) is 10.4. The highest BCUT2D eigenvalue weighted by Gasteiger charge is 2.07. The topological polar surface area (TPSA) is 91.1 Å². The molecule has 0 radical (unpaired) electrons. The number of rotatable bonds is 5. The Morgan fingerprint density at radius 3 is 2.72 bits per heavy atom. The van der Waals surface area contributed by atoms with Crippen LogP contribution in [0.4, 0.5) is 0 Å². The minimum Gasteiger partial charge on any atom is -0.354 e. The Morgan fingerprint density at radius 1 is 1.39 bits per heavy atom. The first-order chi connectivity index (χ1) is 8.49. The number of H-pyrrole nitrogens is 1. The maximum absolute atomic E-state index is 11.6. The van der Waals surface area contributed by atoms with Crippen molar-refractivity contribution in [3.05, 3.63) is 34.2 Å². The molecule has 18 heavy (non-hydrogen) atoms. The van der Waals surface area contributed by atoms with Gasteiger partial charge in [-0.3, -0.25) is 14.4 Å². The Hall–Kier alpha value is -2.11. The van der Waals surface area contributed by atoms with Crippen molar-refractivity contribution < 1.29 is 9.59 Å². The van der Waals surface area contributed by atoms with E-state index in [9.17, 15) is 14.4 Å². The second-order valence-corrected chi connectivity index (χ2v) is 4.17. The SMILES string of the molecule is CC(C)NC(=O)CCNC(=O)c1cc[nH]c(=O)c1. The van der Waals surface area contributed by atoms with Gasteiger partial charge in [-0.2, -0.15) is 0 Å². The van der Waals surface area contributed by atoms with Crippen LogP contribution in [-0.4, -0.2) is 29.4 Å². The number of pyridine rings is 1. The molecule has 0 aliphatic heterocycles. The number of amides is 2. The van der Waals surface area contributed by atoms with Crippen LogP contribution in [0.5, 0.6) is 0 Å². The van der Waals surface area contributed by atoms with Crippen molar-refractivity contribution in [2.75, 3.05) is 6.54 Å². The molecule has 0 fully saturated rings. The van der Waals surface area contributed by atoms with E-state index in [0.717, 1.165) is 0 Å². The van der Waals surface area contributed by atoms with Crippen molar-refractivity contribution in [3.63, 3.8) is 0 Å². The lowest BCUT2D eigenvalue weighted by molar-refractivity contribution is -0.121. The number of carbonyl (C=O) groups excluding carboxylic acids is 2. The van der Waals surface area contributed by atoms with E-state index in [1.165, 1.54) is 18.3 Å². The first kappa shape index (κ1) is 14.0. The average Bonchev–Trinajstić information content (AvgIpc) is 2.27. The lowest BCUT2D eigenvalue weighted by Gasteiger charge is -2.08. The Kier molecular flexibility index (Phi) is 5.10. The van der Waals surface area contributed by atoms with Gasteiger partial charge in [0.05, 0.1) is 0 Å². The van der Waals surface area contributed by atoms with Gasteiger partial charge in [0.15, 0.2) is 0 Å². The largest absolute Gasteiger partial charge is 0.354 e. The molecule has 6 heteroatoms. The first-order valence-electron chi connectivity index (χ1n) is 5.75. The summed E-state index contributed by atoms with van der Waals surface area (Å²) in [5, 5.41) is 5.30. The zero-order chi connectivity index (χ0) is 13.5. The van der Waals surface area contributed by atoms with Crippen LogP contribution in [-0.2, 0) is 4.79 Å². The molecule has 98 valence electrons. The molecular formula is C12H17N3O3. The number of hydrogen-bond acceptors (Lipinski definition) is 3. The molecule has 0 saturated heterocycles. The van der Waals surface area contributed by atoms with E-state index in [-0.39, 0.29) is 41.9 Å².